The van der Waals surface area contributed by atoms with Gasteiger partial charge in [0, 0.05) is 19.2 Å². The molecule has 0 radical (unpaired) electrons. The van der Waals surface area contributed by atoms with Gasteiger partial charge in [0.1, 0.15) is 5.82 Å². The number of imidazole rings is 1. The second-order valence-corrected chi connectivity index (χ2v) is 9.79. The molecule has 0 amide bonds. The molecule has 3 aromatic carbocycles. The smallest absolute Gasteiger partial charge is 0.264 e. The molecule has 0 N–H and O–H groups in total. The second kappa shape index (κ2) is 7.87. The SMILES string of the molecule is Cn1c([C@H](C#N)C(=O)c2cccc(S(=O)(=O)N3CCc4ccccc43)c2)nc2ccccc21. The number of anilines is 1. The lowest BCUT2D eigenvalue weighted by Gasteiger charge is -2.20. The molecule has 0 aliphatic carbocycles. The first-order valence-corrected chi connectivity index (χ1v) is 11.9. The number of ketones is 1. The summed E-state index contributed by atoms with van der Waals surface area (Å²) in [6.45, 7) is 0.348. The summed E-state index contributed by atoms with van der Waals surface area (Å²) in [5.74, 6) is -1.33. The average Bonchev–Trinajstić information content (AvgIpc) is 3.42. The van der Waals surface area contributed by atoms with Crippen LogP contribution >= 0.6 is 0 Å². The molecule has 4 aromatic rings. The molecule has 5 rings (SSSR count). The number of carbonyl (C=O) groups is 1. The van der Waals surface area contributed by atoms with Crippen LogP contribution in [0.2, 0.25) is 0 Å². The van der Waals surface area contributed by atoms with E-state index in [-0.39, 0.29) is 10.5 Å². The highest BCUT2D eigenvalue weighted by Crippen LogP contribution is 2.33. The first-order valence-electron chi connectivity index (χ1n) is 10.5. The van der Waals surface area contributed by atoms with Crippen molar-refractivity contribution < 1.29 is 13.2 Å². The topological polar surface area (TPSA) is 96.1 Å². The summed E-state index contributed by atoms with van der Waals surface area (Å²) < 4.78 is 29.9. The van der Waals surface area contributed by atoms with Gasteiger partial charge in [0.15, 0.2) is 11.7 Å². The van der Waals surface area contributed by atoms with Crippen LogP contribution in [0.5, 0.6) is 0 Å². The largest absolute Gasteiger partial charge is 0.330 e. The first-order chi connectivity index (χ1) is 15.9. The zero-order valence-corrected chi connectivity index (χ0v) is 18.7. The van der Waals surface area contributed by atoms with Crippen molar-refractivity contribution in [3.63, 3.8) is 0 Å². The minimum atomic E-state index is -3.86. The predicted molar refractivity (Wildman–Crippen MR) is 125 cm³/mol. The minimum Gasteiger partial charge on any atom is -0.330 e. The van der Waals surface area contributed by atoms with E-state index < -0.39 is 21.7 Å². The molecule has 164 valence electrons. The van der Waals surface area contributed by atoms with Gasteiger partial charge in [0.25, 0.3) is 10.0 Å². The van der Waals surface area contributed by atoms with Gasteiger partial charge in [-0.1, -0.05) is 42.5 Å². The third kappa shape index (κ3) is 3.38. The van der Waals surface area contributed by atoms with Gasteiger partial charge < -0.3 is 4.57 Å². The number of Topliss-reactive ketones (excluding diaryl/α,β-unsaturated/α-hetero) is 1. The number of nitrogens with zero attached hydrogens (tertiary/aromatic N) is 4. The van der Waals surface area contributed by atoms with E-state index in [0.29, 0.717) is 30.0 Å². The van der Waals surface area contributed by atoms with E-state index in [4.69, 9.17) is 0 Å². The fourth-order valence-electron chi connectivity index (χ4n) is 4.32. The lowest BCUT2D eigenvalue weighted by molar-refractivity contribution is 0.0975. The third-order valence-corrected chi connectivity index (χ3v) is 7.83. The molecule has 1 atom stereocenters. The third-order valence-electron chi connectivity index (χ3n) is 6.02. The Morgan fingerprint density at radius 1 is 1.06 bits per heavy atom. The standard InChI is InChI=1S/C25H20N4O3S/c1-28-23-12-5-3-10-21(23)27-25(28)20(16-26)24(30)18-8-6-9-19(15-18)33(31,32)29-14-13-17-7-2-4-11-22(17)29/h2-12,15,20H,13-14H2,1H3/t20-/m1/s1. The molecule has 0 bridgehead atoms. The van der Waals surface area contributed by atoms with Crippen LogP contribution in [0.3, 0.4) is 0 Å². The summed E-state index contributed by atoms with van der Waals surface area (Å²) in [5, 5.41) is 9.82. The maximum Gasteiger partial charge on any atom is 0.264 e. The highest BCUT2D eigenvalue weighted by molar-refractivity contribution is 7.92. The Bertz CT molecular complexity index is 1550. The Hall–Kier alpha value is -3.96. The number of sulfonamides is 1. The summed E-state index contributed by atoms with van der Waals surface area (Å²) in [5.41, 5.74) is 3.28. The number of aryl methyl sites for hydroxylation is 1. The maximum absolute atomic E-state index is 13.4. The molecule has 33 heavy (non-hydrogen) atoms. The predicted octanol–water partition coefficient (Wildman–Crippen LogP) is 3.81. The van der Waals surface area contributed by atoms with Crippen molar-refractivity contribution in [2.75, 3.05) is 10.8 Å². The van der Waals surface area contributed by atoms with Crippen LogP contribution < -0.4 is 4.31 Å². The quantitative estimate of drug-likeness (QED) is 0.426. The molecule has 0 fully saturated rings. The number of para-hydroxylation sites is 3. The van der Waals surface area contributed by atoms with Crippen LogP contribution in [0.4, 0.5) is 5.69 Å². The zero-order chi connectivity index (χ0) is 23.2. The molecule has 0 saturated carbocycles. The molecular formula is C25H20N4O3S. The van der Waals surface area contributed by atoms with E-state index in [1.165, 1.54) is 28.6 Å². The number of nitriles is 1. The number of aromatic nitrogens is 2. The van der Waals surface area contributed by atoms with Gasteiger partial charge in [-0.15, -0.1) is 0 Å². The Labute approximate surface area is 191 Å². The Kier molecular flexibility index (Phi) is 4.99. The van der Waals surface area contributed by atoms with Gasteiger partial charge in [-0.3, -0.25) is 9.10 Å². The average molecular weight is 457 g/mol. The molecule has 2 heterocycles. The van der Waals surface area contributed by atoms with Gasteiger partial charge in [0.05, 0.1) is 27.7 Å². The Morgan fingerprint density at radius 3 is 2.61 bits per heavy atom. The van der Waals surface area contributed by atoms with E-state index >= 15 is 0 Å². The molecule has 8 heteroatoms. The van der Waals surface area contributed by atoms with E-state index in [9.17, 15) is 18.5 Å². The van der Waals surface area contributed by atoms with Crippen molar-refractivity contribution in [1.29, 1.82) is 5.26 Å². The van der Waals surface area contributed by atoms with Gasteiger partial charge in [-0.05, 0) is 42.3 Å². The fourth-order valence-corrected chi connectivity index (χ4v) is 5.87. The molecule has 0 unspecified atom stereocenters. The number of carbonyl (C=O) groups excluding carboxylic acids is 1. The van der Waals surface area contributed by atoms with Crippen LogP contribution in [-0.4, -0.2) is 30.3 Å². The monoisotopic (exact) mass is 456 g/mol. The van der Waals surface area contributed by atoms with Gasteiger partial charge in [-0.2, -0.15) is 5.26 Å². The maximum atomic E-state index is 13.4. The molecule has 1 aliphatic rings. The zero-order valence-electron chi connectivity index (χ0n) is 17.8. The molecule has 7 nitrogen and oxygen atoms in total. The van der Waals surface area contributed by atoms with Crippen molar-refractivity contribution >= 4 is 32.5 Å². The summed E-state index contributed by atoms with van der Waals surface area (Å²) in [4.78, 5) is 17.8. The van der Waals surface area contributed by atoms with Crippen molar-refractivity contribution in [1.82, 2.24) is 9.55 Å². The van der Waals surface area contributed by atoms with Crippen LogP contribution in [0, 0.1) is 11.3 Å². The van der Waals surface area contributed by atoms with E-state index in [2.05, 4.69) is 11.1 Å². The van der Waals surface area contributed by atoms with Crippen LogP contribution in [0.1, 0.15) is 27.7 Å². The summed E-state index contributed by atoms with van der Waals surface area (Å²) in [6.07, 6.45) is 0.636. The summed E-state index contributed by atoms with van der Waals surface area (Å²) in [6, 6.07) is 22.7. The molecular weight excluding hydrogens is 436 g/mol. The summed E-state index contributed by atoms with van der Waals surface area (Å²) >= 11 is 0. The van der Waals surface area contributed by atoms with Crippen LogP contribution in [0.15, 0.2) is 77.7 Å². The van der Waals surface area contributed by atoms with Crippen molar-refractivity contribution in [2.24, 2.45) is 7.05 Å². The number of benzene rings is 3. The fraction of sp³-hybridized carbons (Fsp3) is 0.160. The Morgan fingerprint density at radius 2 is 1.82 bits per heavy atom. The molecule has 0 saturated heterocycles. The number of fused-ring (bicyclic) bond motifs is 2. The number of hydrogen-bond acceptors (Lipinski definition) is 5. The minimum absolute atomic E-state index is 0.0201. The lowest BCUT2D eigenvalue weighted by Crippen LogP contribution is -2.29. The van der Waals surface area contributed by atoms with Crippen LogP contribution in [0.25, 0.3) is 11.0 Å². The van der Waals surface area contributed by atoms with Gasteiger partial charge >= 0.3 is 0 Å². The first kappa shape index (κ1) is 20.9. The normalized spacial score (nSPS) is 14.1. The molecule has 1 aliphatic heterocycles. The van der Waals surface area contributed by atoms with E-state index in [0.717, 1.165) is 11.1 Å². The van der Waals surface area contributed by atoms with Gasteiger partial charge in [0.2, 0.25) is 0 Å². The lowest BCUT2D eigenvalue weighted by atomic mass is 9.98. The molecule has 1 aromatic heterocycles. The van der Waals surface area contributed by atoms with E-state index in [1.807, 2.05) is 36.4 Å². The highest BCUT2D eigenvalue weighted by atomic mass is 32.2. The van der Waals surface area contributed by atoms with Crippen molar-refractivity contribution in [3.05, 3.63) is 89.7 Å². The van der Waals surface area contributed by atoms with Crippen molar-refractivity contribution in [2.45, 2.75) is 17.2 Å². The highest BCUT2D eigenvalue weighted by Gasteiger charge is 2.32. The number of hydrogen-bond donors (Lipinski definition) is 0. The Balaban J connectivity index is 1.51. The van der Waals surface area contributed by atoms with E-state index in [1.54, 1.807) is 23.7 Å². The number of rotatable bonds is 5. The van der Waals surface area contributed by atoms with Gasteiger partial charge in [-0.25, -0.2) is 13.4 Å². The summed E-state index contributed by atoms with van der Waals surface area (Å²) in [7, 11) is -2.10. The second-order valence-electron chi connectivity index (χ2n) is 7.93. The van der Waals surface area contributed by atoms with Crippen LogP contribution in [-0.2, 0) is 23.5 Å². The molecule has 0 spiro atoms. The van der Waals surface area contributed by atoms with Crippen molar-refractivity contribution in [3.8, 4) is 6.07 Å².